The van der Waals surface area contributed by atoms with E-state index in [1.807, 2.05) is 0 Å². The molecule has 0 bridgehead atoms. The van der Waals surface area contributed by atoms with Crippen LogP contribution in [0.4, 0.5) is 5.69 Å². The fourth-order valence-corrected chi connectivity index (χ4v) is 3.62. The molecule has 31 heavy (non-hydrogen) atoms. The maximum atomic E-state index is 11.1. The lowest BCUT2D eigenvalue weighted by Gasteiger charge is -2.10. The standard InChI is InChI=1S/C19H17Cl2N5O3S2/c1-10(23-24-19(30)22-12-4-3-5-13(9-12)31(28)29)16-18(27)17(26(2)25-16)11-6-7-14(20)15(21)8-11/h3-9,27H,1-2H3,(H,28,29)(H2,22,24,30)/p-1/b23-10+. The van der Waals surface area contributed by atoms with Gasteiger partial charge in [0.05, 0.1) is 15.8 Å². The summed E-state index contributed by atoms with van der Waals surface area (Å²) in [5.41, 5.74) is 4.84. The zero-order valence-electron chi connectivity index (χ0n) is 16.2. The predicted octanol–water partition coefficient (Wildman–Crippen LogP) is 4.05. The molecule has 12 heteroatoms. The van der Waals surface area contributed by atoms with Crippen molar-refractivity contribution in [2.45, 2.75) is 11.8 Å². The van der Waals surface area contributed by atoms with Crippen LogP contribution in [0.25, 0.3) is 11.3 Å². The number of thiocarbonyl (C=S) groups is 1. The number of hydrazone groups is 1. The molecule has 1 atom stereocenters. The van der Waals surface area contributed by atoms with Crippen LogP contribution < -0.4 is 10.7 Å². The van der Waals surface area contributed by atoms with Gasteiger partial charge in [-0.1, -0.05) is 35.3 Å². The summed E-state index contributed by atoms with van der Waals surface area (Å²) in [5, 5.41) is 22.9. The second-order valence-corrected chi connectivity index (χ2v) is 8.49. The molecule has 0 aliphatic carbocycles. The molecular formula is C19H16Cl2N5O3S2-. The molecule has 0 saturated heterocycles. The zero-order chi connectivity index (χ0) is 22.7. The third-order valence-electron chi connectivity index (χ3n) is 4.17. The fourth-order valence-electron chi connectivity index (χ4n) is 2.75. The lowest BCUT2D eigenvalue weighted by atomic mass is 10.1. The summed E-state index contributed by atoms with van der Waals surface area (Å²) in [5.74, 6) is -0.0755. The highest BCUT2D eigenvalue weighted by atomic mass is 35.5. The van der Waals surface area contributed by atoms with Gasteiger partial charge in [0.15, 0.2) is 16.6 Å². The van der Waals surface area contributed by atoms with Gasteiger partial charge in [0, 0.05) is 23.2 Å². The molecule has 0 radical (unpaired) electrons. The summed E-state index contributed by atoms with van der Waals surface area (Å²) in [7, 11) is 1.68. The third-order valence-corrected chi connectivity index (χ3v) is 5.74. The average Bonchev–Trinajstić information content (AvgIpc) is 3.02. The second kappa shape index (κ2) is 9.75. The number of aromatic nitrogens is 2. The van der Waals surface area contributed by atoms with Crippen molar-refractivity contribution < 1.29 is 13.9 Å². The first-order chi connectivity index (χ1) is 14.7. The quantitative estimate of drug-likeness (QED) is 0.211. The topological polar surface area (TPSA) is 115 Å². The van der Waals surface area contributed by atoms with Crippen molar-refractivity contribution >= 4 is 63.0 Å². The molecule has 0 aliphatic heterocycles. The van der Waals surface area contributed by atoms with Crippen LogP contribution in [0.15, 0.2) is 52.5 Å². The highest BCUT2D eigenvalue weighted by molar-refractivity contribution is 7.80. The van der Waals surface area contributed by atoms with E-state index in [0.717, 1.165) is 0 Å². The van der Waals surface area contributed by atoms with Crippen molar-refractivity contribution in [1.82, 2.24) is 15.2 Å². The highest BCUT2D eigenvalue weighted by Gasteiger charge is 2.19. The Kier molecular flexibility index (Phi) is 7.29. The molecule has 162 valence electrons. The van der Waals surface area contributed by atoms with Gasteiger partial charge in [-0.3, -0.25) is 14.3 Å². The molecule has 0 saturated carbocycles. The minimum absolute atomic E-state index is 0.0755. The Bertz CT molecular complexity index is 1210. The predicted molar refractivity (Wildman–Crippen MR) is 126 cm³/mol. The van der Waals surface area contributed by atoms with Crippen LogP contribution in [-0.4, -0.2) is 34.5 Å². The van der Waals surface area contributed by atoms with E-state index in [1.54, 1.807) is 44.3 Å². The normalized spacial score (nSPS) is 12.5. The lowest BCUT2D eigenvalue weighted by molar-refractivity contribution is 0.475. The summed E-state index contributed by atoms with van der Waals surface area (Å²) in [6.45, 7) is 1.65. The molecule has 3 rings (SSSR count). The van der Waals surface area contributed by atoms with E-state index in [0.29, 0.717) is 32.7 Å². The summed E-state index contributed by atoms with van der Waals surface area (Å²) in [6, 6.07) is 11.1. The Hall–Kier alpha value is -2.50. The Morgan fingerprint density at radius 3 is 2.68 bits per heavy atom. The third kappa shape index (κ3) is 5.41. The number of aromatic hydroxyl groups is 1. The van der Waals surface area contributed by atoms with E-state index in [9.17, 15) is 13.9 Å². The molecular weight excluding hydrogens is 481 g/mol. The van der Waals surface area contributed by atoms with E-state index < -0.39 is 11.1 Å². The second-order valence-electron chi connectivity index (χ2n) is 6.32. The summed E-state index contributed by atoms with van der Waals surface area (Å²) in [4.78, 5) is 0.126. The van der Waals surface area contributed by atoms with Crippen LogP contribution in [0.1, 0.15) is 12.6 Å². The van der Waals surface area contributed by atoms with E-state index in [1.165, 1.54) is 16.8 Å². The van der Waals surface area contributed by atoms with E-state index >= 15 is 0 Å². The number of hydrogen-bond acceptors (Lipinski definition) is 6. The van der Waals surface area contributed by atoms with E-state index in [2.05, 4.69) is 20.9 Å². The van der Waals surface area contributed by atoms with Crippen molar-refractivity contribution in [3.8, 4) is 17.0 Å². The molecule has 1 heterocycles. The van der Waals surface area contributed by atoms with Gasteiger partial charge in [-0.25, -0.2) is 0 Å². The highest BCUT2D eigenvalue weighted by Crippen LogP contribution is 2.35. The number of nitrogens with one attached hydrogen (secondary N) is 2. The summed E-state index contributed by atoms with van der Waals surface area (Å²) in [6.07, 6.45) is 0. The SMILES string of the molecule is C/C(=N\NC(=S)Nc1cccc(S(=O)[O-])c1)c1nn(C)c(-c2ccc(Cl)c(Cl)c2)c1O. The lowest BCUT2D eigenvalue weighted by Crippen LogP contribution is -2.25. The van der Waals surface area contributed by atoms with Crippen molar-refractivity contribution in [3.63, 3.8) is 0 Å². The monoisotopic (exact) mass is 496 g/mol. The van der Waals surface area contributed by atoms with Crippen molar-refractivity contribution in [1.29, 1.82) is 0 Å². The van der Waals surface area contributed by atoms with Gasteiger partial charge in [0.2, 0.25) is 0 Å². The Balaban J connectivity index is 1.77. The van der Waals surface area contributed by atoms with Gasteiger partial charge in [0.25, 0.3) is 0 Å². The van der Waals surface area contributed by atoms with Gasteiger partial charge in [-0.15, -0.1) is 0 Å². The van der Waals surface area contributed by atoms with Crippen LogP contribution in [-0.2, 0) is 18.1 Å². The van der Waals surface area contributed by atoms with Crippen LogP contribution in [0.5, 0.6) is 5.75 Å². The number of hydrogen-bond donors (Lipinski definition) is 3. The number of aryl methyl sites for hydroxylation is 1. The first kappa shape index (κ1) is 23.2. The number of nitrogens with zero attached hydrogens (tertiary/aromatic N) is 3. The minimum atomic E-state index is -2.35. The van der Waals surface area contributed by atoms with Crippen molar-refractivity contribution in [2.24, 2.45) is 12.1 Å². The number of benzene rings is 2. The molecule has 1 unspecified atom stereocenters. The van der Waals surface area contributed by atoms with Gasteiger partial charge < -0.3 is 15.0 Å². The average molecular weight is 497 g/mol. The molecule has 0 aliphatic rings. The molecule has 0 fully saturated rings. The molecule has 0 spiro atoms. The Morgan fingerprint density at radius 1 is 1.26 bits per heavy atom. The molecule has 2 aromatic carbocycles. The number of anilines is 1. The van der Waals surface area contributed by atoms with Crippen LogP contribution in [0.3, 0.4) is 0 Å². The van der Waals surface area contributed by atoms with Crippen LogP contribution in [0, 0.1) is 0 Å². The zero-order valence-corrected chi connectivity index (χ0v) is 19.4. The molecule has 1 aromatic heterocycles. The van der Waals surface area contributed by atoms with Crippen LogP contribution >= 0.6 is 35.4 Å². The van der Waals surface area contributed by atoms with Crippen molar-refractivity contribution in [3.05, 3.63) is 58.2 Å². The maximum Gasteiger partial charge on any atom is 0.191 e. The maximum absolute atomic E-state index is 11.1. The first-order valence-electron chi connectivity index (χ1n) is 8.69. The fraction of sp³-hybridized carbons (Fsp3) is 0.105. The largest absolute Gasteiger partial charge is 0.768 e. The summed E-state index contributed by atoms with van der Waals surface area (Å²) < 4.78 is 23.6. The Labute approximate surface area is 196 Å². The number of rotatable bonds is 5. The van der Waals surface area contributed by atoms with E-state index in [-0.39, 0.29) is 21.5 Å². The van der Waals surface area contributed by atoms with E-state index in [4.69, 9.17) is 35.4 Å². The minimum Gasteiger partial charge on any atom is -0.768 e. The van der Waals surface area contributed by atoms with Gasteiger partial charge >= 0.3 is 0 Å². The number of halogens is 2. The molecule has 8 nitrogen and oxygen atoms in total. The summed E-state index contributed by atoms with van der Waals surface area (Å²) >= 11 is 14.9. The first-order valence-corrected chi connectivity index (χ1v) is 10.9. The van der Waals surface area contributed by atoms with Gasteiger partial charge in [-0.2, -0.15) is 10.2 Å². The molecule has 3 N–H and O–H groups in total. The van der Waals surface area contributed by atoms with Gasteiger partial charge in [0.1, 0.15) is 5.69 Å². The van der Waals surface area contributed by atoms with Crippen molar-refractivity contribution in [2.75, 3.05) is 5.32 Å². The Morgan fingerprint density at radius 2 is 2.00 bits per heavy atom. The smallest absolute Gasteiger partial charge is 0.191 e. The molecule has 3 aromatic rings. The van der Waals surface area contributed by atoms with Gasteiger partial charge in [-0.05, 0) is 60.6 Å². The van der Waals surface area contributed by atoms with Crippen LogP contribution in [0.2, 0.25) is 10.0 Å². The molecule has 0 amide bonds.